The molecule has 0 aromatic carbocycles. The van der Waals surface area contributed by atoms with Crippen molar-refractivity contribution in [1.29, 1.82) is 0 Å². The van der Waals surface area contributed by atoms with E-state index >= 15 is 0 Å². The summed E-state index contributed by atoms with van der Waals surface area (Å²) in [6, 6.07) is 0. The van der Waals surface area contributed by atoms with E-state index in [2.05, 4.69) is 28.1 Å². The van der Waals surface area contributed by atoms with Crippen LogP contribution in [0.25, 0.3) is 0 Å². The number of hydrogen-bond donors (Lipinski definition) is 1. The van der Waals surface area contributed by atoms with Gasteiger partial charge in [-0.25, -0.2) is 0 Å². The van der Waals surface area contributed by atoms with Gasteiger partial charge in [0.1, 0.15) is 12.6 Å². The zero-order valence-electron chi connectivity index (χ0n) is 19.7. The Morgan fingerprint density at radius 3 is 1.36 bits per heavy atom. The second kappa shape index (κ2) is 21.9. The fraction of sp³-hybridized carbons (Fsp3) is 1.00. The van der Waals surface area contributed by atoms with Crippen molar-refractivity contribution in [2.24, 2.45) is 0 Å². The van der Waals surface area contributed by atoms with Crippen molar-refractivity contribution < 1.29 is 26.7 Å². The van der Waals surface area contributed by atoms with Crippen molar-refractivity contribution in [1.82, 2.24) is 0 Å². The third-order valence-corrected chi connectivity index (χ3v) is 5.21. The first-order valence-electron chi connectivity index (χ1n) is 12.0. The molecule has 0 amide bonds. The number of ether oxygens (including phenoxy) is 1. The molecule has 1 atom stereocenters. The molecule has 0 aliphatic carbocycles. The topological polar surface area (TPSA) is 29.5 Å². The lowest BCUT2D eigenvalue weighted by molar-refractivity contribution is -0.873. The van der Waals surface area contributed by atoms with E-state index in [1.54, 1.807) is 0 Å². The minimum atomic E-state index is -0.342. The van der Waals surface area contributed by atoms with Gasteiger partial charge in [0.05, 0.1) is 27.7 Å². The SMILES string of the molecule is CCCCCCCCCCCCCCCCCCOCC(O)C[N+](C)(C)C.[Cl-]. The Balaban J connectivity index is 0. The van der Waals surface area contributed by atoms with E-state index in [-0.39, 0.29) is 18.5 Å². The molecular formula is C24H52ClNO2. The average Bonchev–Trinajstić information content (AvgIpc) is 2.59. The maximum Gasteiger partial charge on any atom is 0.126 e. The van der Waals surface area contributed by atoms with E-state index < -0.39 is 0 Å². The van der Waals surface area contributed by atoms with Gasteiger partial charge in [0.2, 0.25) is 0 Å². The number of hydrogen-bond acceptors (Lipinski definition) is 2. The fourth-order valence-corrected chi connectivity index (χ4v) is 3.66. The highest BCUT2D eigenvalue weighted by molar-refractivity contribution is 4.52. The number of aliphatic hydroxyl groups is 1. The summed E-state index contributed by atoms with van der Waals surface area (Å²) in [5.74, 6) is 0. The fourth-order valence-electron chi connectivity index (χ4n) is 3.66. The molecule has 4 heteroatoms. The molecule has 0 heterocycles. The lowest BCUT2D eigenvalue weighted by atomic mass is 10.0. The molecule has 0 fully saturated rings. The highest BCUT2D eigenvalue weighted by atomic mass is 35.5. The Labute approximate surface area is 183 Å². The molecule has 0 saturated carbocycles. The third kappa shape index (κ3) is 26.2. The van der Waals surface area contributed by atoms with E-state index in [9.17, 15) is 5.11 Å². The first-order chi connectivity index (χ1) is 13.0. The quantitative estimate of drug-likeness (QED) is 0.227. The van der Waals surface area contributed by atoms with Crippen LogP contribution in [-0.4, -0.2) is 56.6 Å². The first kappa shape index (κ1) is 30.4. The zero-order chi connectivity index (χ0) is 20.2. The van der Waals surface area contributed by atoms with E-state index in [4.69, 9.17) is 4.74 Å². The molecule has 28 heavy (non-hydrogen) atoms. The summed E-state index contributed by atoms with van der Waals surface area (Å²) in [5.41, 5.74) is 0. The second-order valence-corrected chi connectivity index (χ2v) is 9.50. The van der Waals surface area contributed by atoms with Crippen LogP contribution in [0.5, 0.6) is 0 Å². The Kier molecular flexibility index (Phi) is 23.7. The highest BCUT2D eigenvalue weighted by Gasteiger charge is 2.15. The first-order valence-corrected chi connectivity index (χ1v) is 12.0. The van der Waals surface area contributed by atoms with Crippen molar-refractivity contribution >= 4 is 0 Å². The summed E-state index contributed by atoms with van der Waals surface area (Å²) in [4.78, 5) is 0. The van der Waals surface area contributed by atoms with Crippen molar-refractivity contribution in [2.45, 2.75) is 116 Å². The van der Waals surface area contributed by atoms with Gasteiger partial charge in [-0.3, -0.25) is 0 Å². The van der Waals surface area contributed by atoms with Gasteiger partial charge in [-0.15, -0.1) is 0 Å². The molecule has 0 aliphatic heterocycles. The highest BCUT2D eigenvalue weighted by Crippen LogP contribution is 2.13. The van der Waals surface area contributed by atoms with Crippen LogP contribution in [0.4, 0.5) is 0 Å². The lowest BCUT2D eigenvalue weighted by Gasteiger charge is -2.26. The summed E-state index contributed by atoms with van der Waals surface area (Å²) >= 11 is 0. The van der Waals surface area contributed by atoms with E-state index in [0.717, 1.165) is 24.1 Å². The monoisotopic (exact) mass is 421 g/mol. The molecule has 0 aromatic rings. The second-order valence-electron chi connectivity index (χ2n) is 9.50. The van der Waals surface area contributed by atoms with Gasteiger partial charge < -0.3 is 26.7 Å². The molecule has 172 valence electrons. The molecular weight excluding hydrogens is 370 g/mol. The van der Waals surface area contributed by atoms with Crippen molar-refractivity contribution in [3.63, 3.8) is 0 Å². The number of rotatable bonds is 21. The maximum atomic E-state index is 9.88. The van der Waals surface area contributed by atoms with Gasteiger partial charge in [-0.05, 0) is 6.42 Å². The molecule has 0 rings (SSSR count). The Morgan fingerprint density at radius 2 is 1.00 bits per heavy atom. The number of halogens is 1. The standard InChI is InChI=1S/C24H52NO2.ClH/c1-5-6-7-8-9-10-11-12-13-14-15-16-17-18-19-20-21-27-23-24(26)22-25(2,3)4;/h24,26H,5-23H2,1-4H3;1H/q+1;/p-1. The van der Waals surface area contributed by atoms with Crippen LogP contribution in [0, 0.1) is 0 Å². The normalized spacial score (nSPS) is 12.8. The van der Waals surface area contributed by atoms with E-state index in [1.165, 1.54) is 96.3 Å². The molecule has 0 saturated heterocycles. The van der Waals surface area contributed by atoms with Crippen LogP contribution in [0.1, 0.15) is 110 Å². The number of aliphatic hydroxyl groups excluding tert-OH is 1. The Morgan fingerprint density at radius 1 is 0.643 bits per heavy atom. The van der Waals surface area contributed by atoms with Gasteiger partial charge in [0, 0.05) is 6.61 Å². The van der Waals surface area contributed by atoms with Gasteiger partial charge in [0.15, 0.2) is 0 Å². The van der Waals surface area contributed by atoms with Gasteiger partial charge in [-0.1, -0.05) is 103 Å². The summed E-state index contributed by atoms with van der Waals surface area (Å²) in [6.07, 6.45) is 22.0. The Bertz CT molecular complexity index is 295. The van der Waals surface area contributed by atoms with Crippen molar-refractivity contribution in [3.05, 3.63) is 0 Å². The van der Waals surface area contributed by atoms with Crippen molar-refractivity contribution in [3.8, 4) is 0 Å². The molecule has 0 spiro atoms. The van der Waals surface area contributed by atoms with Crippen LogP contribution in [0.15, 0.2) is 0 Å². The molecule has 0 aliphatic rings. The average molecular weight is 422 g/mol. The molecule has 0 radical (unpaired) electrons. The van der Waals surface area contributed by atoms with Crippen LogP contribution in [-0.2, 0) is 4.74 Å². The number of likely N-dealkylation sites (N-methyl/N-ethyl adjacent to an activating group) is 1. The van der Waals surface area contributed by atoms with E-state index in [0.29, 0.717) is 6.61 Å². The molecule has 1 unspecified atom stereocenters. The van der Waals surface area contributed by atoms with Crippen LogP contribution in [0.2, 0.25) is 0 Å². The summed E-state index contributed by atoms with van der Waals surface area (Å²) in [5, 5.41) is 9.88. The maximum absolute atomic E-state index is 9.88. The number of quaternary nitrogens is 1. The molecule has 0 bridgehead atoms. The van der Waals surface area contributed by atoms with Crippen molar-refractivity contribution in [2.75, 3.05) is 40.9 Å². The largest absolute Gasteiger partial charge is 1.00 e. The summed E-state index contributed by atoms with van der Waals surface area (Å²) < 4.78 is 6.38. The van der Waals surface area contributed by atoms with E-state index in [1.807, 2.05) is 0 Å². The molecule has 1 N–H and O–H groups in total. The van der Waals surface area contributed by atoms with Gasteiger partial charge in [0.25, 0.3) is 0 Å². The summed E-state index contributed by atoms with van der Waals surface area (Å²) in [7, 11) is 6.29. The predicted molar refractivity (Wildman–Crippen MR) is 119 cm³/mol. The lowest BCUT2D eigenvalue weighted by Crippen LogP contribution is -3.00. The van der Waals surface area contributed by atoms with Gasteiger partial charge in [-0.2, -0.15) is 0 Å². The van der Waals surface area contributed by atoms with Crippen LogP contribution >= 0.6 is 0 Å². The van der Waals surface area contributed by atoms with Crippen LogP contribution in [0.3, 0.4) is 0 Å². The van der Waals surface area contributed by atoms with Crippen LogP contribution < -0.4 is 12.4 Å². The molecule has 3 nitrogen and oxygen atoms in total. The third-order valence-electron chi connectivity index (χ3n) is 5.21. The van der Waals surface area contributed by atoms with Gasteiger partial charge >= 0.3 is 0 Å². The zero-order valence-corrected chi connectivity index (χ0v) is 20.4. The minimum Gasteiger partial charge on any atom is -1.00 e. The number of nitrogens with zero attached hydrogens (tertiary/aromatic N) is 1. The summed E-state index contributed by atoms with van der Waals surface area (Å²) in [6.45, 7) is 4.32. The number of unbranched alkanes of at least 4 members (excludes halogenated alkanes) is 15. The Hall–Kier alpha value is 0.170. The smallest absolute Gasteiger partial charge is 0.126 e. The predicted octanol–water partition coefficient (Wildman–Crippen LogP) is 3.34. The minimum absolute atomic E-state index is 0. The molecule has 0 aromatic heterocycles.